The van der Waals surface area contributed by atoms with Gasteiger partial charge < -0.3 is 9.47 Å². The molecule has 7 heteroatoms. The quantitative estimate of drug-likeness (QED) is 0.760. The standard InChI is InChI=1S/C17H17Cl2NO4/c1-8-12(16(21)23-3)15(13(9(2)20-8)17(22)24-4)14-10(18)6-5-7-11(14)19/h5-7,12,15H,1-4H3/t12?,15-/m0/s1. The van der Waals surface area contributed by atoms with E-state index < -0.39 is 23.8 Å². The highest BCUT2D eigenvalue weighted by Crippen LogP contribution is 2.45. The van der Waals surface area contributed by atoms with Crippen molar-refractivity contribution in [2.24, 2.45) is 10.9 Å². The minimum absolute atomic E-state index is 0.244. The number of carbonyl (C=O) groups is 2. The lowest BCUT2D eigenvalue weighted by atomic mass is 9.75. The van der Waals surface area contributed by atoms with Gasteiger partial charge >= 0.3 is 11.9 Å². The molecule has 1 aromatic rings. The van der Waals surface area contributed by atoms with Crippen LogP contribution < -0.4 is 0 Å². The molecule has 0 fully saturated rings. The zero-order valence-corrected chi connectivity index (χ0v) is 15.2. The molecular formula is C17H17Cl2NO4. The lowest BCUT2D eigenvalue weighted by molar-refractivity contribution is -0.143. The van der Waals surface area contributed by atoms with Crippen LogP contribution in [0.1, 0.15) is 25.3 Å². The molecule has 2 atom stereocenters. The molecule has 1 aromatic carbocycles. The van der Waals surface area contributed by atoms with Gasteiger partial charge in [0, 0.05) is 27.4 Å². The number of methoxy groups -OCH3 is 2. The number of hydrogen-bond acceptors (Lipinski definition) is 5. The molecule has 1 aliphatic rings. The van der Waals surface area contributed by atoms with Crippen molar-refractivity contribution in [2.75, 3.05) is 14.2 Å². The molecule has 1 heterocycles. The van der Waals surface area contributed by atoms with Crippen molar-refractivity contribution in [3.8, 4) is 0 Å². The van der Waals surface area contributed by atoms with Crippen LogP contribution in [0.4, 0.5) is 0 Å². The molecule has 1 aliphatic heterocycles. The van der Waals surface area contributed by atoms with E-state index in [0.29, 0.717) is 27.0 Å². The van der Waals surface area contributed by atoms with E-state index in [4.69, 9.17) is 32.7 Å². The fourth-order valence-corrected chi connectivity index (χ4v) is 3.60. The maximum absolute atomic E-state index is 12.4. The number of esters is 2. The lowest BCUT2D eigenvalue weighted by Gasteiger charge is -2.32. The molecule has 5 nitrogen and oxygen atoms in total. The van der Waals surface area contributed by atoms with Crippen molar-refractivity contribution in [2.45, 2.75) is 19.8 Å². The Bertz CT molecular complexity index is 735. The summed E-state index contributed by atoms with van der Waals surface area (Å²) < 4.78 is 9.79. The van der Waals surface area contributed by atoms with Gasteiger partial charge in [0.2, 0.25) is 0 Å². The monoisotopic (exact) mass is 369 g/mol. The highest BCUT2D eigenvalue weighted by molar-refractivity contribution is 6.36. The van der Waals surface area contributed by atoms with Crippen LogP contribution >= 0.6 is 23.2 Å². The lowest BCUT2D eigenvalue weighted by Crippen LogP contribution is -2.36. The van der Waals surface area contributed by atoms with E-state index in [2.05, 4.69) is 4.99 Å². The van der Waals surface area contributed by atoms with E-state index in [9.17, 15) is 9.59 Å². The first-order valence-corrected chi connectivity index (χ1v) is 7.95. The molecule has 0 spiro atoms. The average molecular weight is 370 g/mol. The SMILES string of the molecule is COC(=O)C1=C(C)N=C(C)C(C(=O)OC)[C@@H]1c1c(Cl)cccc1Cl. The van der Waals surface area contributed by atoms with Crippen LogP contribution in [-0.2, 0) is 19.1 Å². The third kappa shape index (κ3) is 3.19. The number of halogens is 2. The zero-order chi connectivity index (χ0) is 18.0. The molecule has 0 aliphatic carbocycles. The van der Waals surface area contributed by atoms with Crippen LogP contribution in [0.2, 0.25) is 10.0 Å². The van der Waals surface area contributed by atoms with Gasteiger partial charge in [-0.25, -0.2) is 4.79 Å². The van der Waals surface area contributed by atoms with Crippen LogP contribution in [0.15, 0.2) is 34.5 Å². The van der Waals surface area contributed by atoms with Crippen LogP contribution in [0.3, 0.4) is 0 Å². The van der Waals surface area contributed by atoms with Crippen molar-refractivity contribution in [1.29, 1.82) is 0 Å². The first kappa shape index (κ1) is 18.5. The first-order valence-electron chi connectivity index (χ1n) is 7.19. The second-order valence-electron chi connectivity index (χ2n) is 5.36. The third-order valence-electron chi connectivity index (χ3n) is 4.00. The van der Waals surface area contributed by atoms with Crippen molar-refractivity contribution in [1.82, 2.24) is 0 Å². The van der Waals surface area contributed by atoms with Gasteiger partial charge in [0.25, 0.3) is 0 Å². The van der Waals surface area contributed by atoms with E-state index in [0.717, 1.165) is 0 Å². The molecule has 0 saturated carbocycles. The van der Waals surface area contributed by atoms with Gasteiger partial charge in [-0.1, -0.05) is 29.3 Å². The van der Waals surface area contributed by atoms with Gasteiger partial charge in [-0.3, -0.25) is 9.79 Å². The van der Waals surface area contributed by atoms with Gasteiger partial charge in [-0.05, 0) is 31.5 Å². The topological polar surface area (TPSA) is 65.0 Å². The highest BCUT2D eigenvalue weighted by atomic mass is 35.5. The largest absolute Gasteiger partial charge is 0.468 e. The second kappa shape index (κ2) is 7.36. The summed E-state index contributed by atoms with van der Waals surface area (Å²) in [6, 6.07) is 5.00. The normalized spacial score (nSPS) is 20.5. The Labute approximate surface area is 150 Å². The summed E-state index contributed by atoms with van der Waals surface area (Å²) in [4.78, 5) is 29.1. The van der Waals surface area contributed by atoms with Gasteiger partial charge in [0.15, 0.2) is 0 Å². The Balaban J connectivity index is 2.78. The summed E-state index contributed by atoms with van der Waals surface area (Å²) >= 11 is 12.7. The molecule has 2 rings (SSSR count). The summed E-state index contributed by atoms with van der Waals surface area (Å²) in [5.74, 6) is -2.65. The molecule has 0 amide bonds. The summed E-state index contributed by atoms with van der Waals surface area (Å²) in [7, 11) is 2.55. The van der Waals surface area contributed by atoms with Crippen LogP contribution in [0.5, 0.6) is 0 Å². The molecule has 1 unspecified atom stereocenters. The van der Waals surface area contributed by atoms with E-state index >= 15 is 0 Å². The Kier molecular flexibility index (Phi) is 5.67. The van der Waals surface area contributed by atoms with Gasteiger partial charge in [0.05, 0.1) is 19.8 Å². The molecule has 0 aromatic heterocycles. The molecule has 128 valence electrons. The predicted octanol–water partition coefficient (Wildman–Crippen LogP) is 3.79. The number of carbonyl (C=O) groups excluding carboxylic acids is 2. The Morgan fingerprint density at radius 1 is 1.08 bits per heavy atom. The van der Waals surface area contributed by atoms with Crippen molar-refractivity contribution in [3.05, 3.63) is 45.1 Å². The number of benzene rings is 1. The molecule has 24 heavy (non-hydrogen) atoms. The molecule has 0 saturated heterocycles. The fraction of sp³-hybridized carbons (Fsp3) is 0.353. The minimum atomic E-state index is -0.815. The maximum atomic E-state index is 12.4. The molecule has 0 N–H and O–H groups in total. The number of nitrogens with zero attached hydrogens (tertiary/aromatic N) is 1. The summed E-state index contributed by atoms with van der Waals surface area (Å²) in [5, 5.41) is 0.704. The number of aliphatic imine (C=N–C) groups is 1. The van der Waals surface area contributed by atoms with Crippen LogP contribution in [-0.4, -0.2) is 31.9 Å². The third-order valence-corrected chi connectivity index (χ3v) is 4.66. The number of allylic oxidation sites excluding steroid dienone is 1. The van der Waals surface area contributed by atoms with Crippen molar-refractivity contribution < 1.29 is 19.1 Å². The van der Waals surface area contributed by atoms with Gasteiger partial charge in [-0.2, -0.15) is 0 Å². The van der Waals surface area contributed by atoms with E-state index in [1.807, 2.05) is 0 Å². The molecule has 0 bridgehead atoms. The van der Waals surface area contributed by atoms with Crippen LogP contribution in [0, 0.1) is 5.92 Å². The van der Waals surface area contributed by atoms with Crippen LogP contribution in [0.25, 0.3) is 0 Å². The van der Waals surface area contributed by atoms with Crippen molar-refractivity contribution >= 4 is 40.9 Å². The Morgan fingerprint density at radius 2 is 1.67 bits per heavy atom. The van der Waals surface area contributed by atoms with E-state index in [1.54, 1.807) is 32.0 Å². The predicted molar refractivity (Wildman–Crippen MR) is 92.5 cm³/mol. The summed E-state index contributed by atoms with van der Waals surface area (Å²) in [6.45, 7) is 3.39. The first-order chi connectivity index (χ1) is 11.3. The second-order valence-corrected chi connectivity index (χ2v) is 6.17. The highest BCUT2D eigenvalue weighted by Gasteiger charge is 2.43. The van der Waals surface area contributed by atoms with E-state index in [-0.39, 0.29) is 5.57 Å². The zero-order valence-electron chi connectivity index (χ0n) is 13.7. The van der Waals surface area contributed by atoms with E-state index in [1.165, 1.54) is 14.2 Å². The van der Waals surface area contributed by atoms with Gasteiger partial charge in [0.1, 0.15) is 5.92 Å². The smallest absolute Gasteiger partial charge is 0.336 e. The fourth-order valence-electron chi connectivity index (χ4n) is 2.96. The summed E-state index contributed by atoms with van der Waals surface area (Å²) in [6.07, 6.45) is 0. The molecular weight excluding hydrogens is 353 g/mol. The number of rotatable bonds is 3. The average Bonchev–Trinajstić information content (AvgIpc) is 2.53. The minimum Gasteiger partial charge on any atom is -0.468 e. The van der Waals surface area contributed by atoms with Gasteiger partial charge in [-0.15, -0.1) is 0 Å². The maximum Gasteiger partial charge on any atom is 0.336 e. The number of hydrogen-bond donors (Lipinski definition) is 0. The molecule has 0 radical (unpaired) electrons. The summed E-state index contributed by atoms with van der Waals surface area (Å²) in [5.41, 5.74) is 1.70. The Hall–Kier alpha value is -1.85. The Morgan fingerprint density at radius 3 is 2.17 bits per heavy atom. The van der Waals surface area contributed by atoms with Crippen molar-refractivity contribution in [3.63, 3.8) is 0 Å². The number of ether oxygens (including phenoxy) is 2.